The summed E-state index contributed by atoms with van der Waals surface area (Å²) in [6.45, 7) is 2.89. The summed E-state index contributed by atoms with van der Waals surface area (Å²) in [5.74, 6) is 4.08. The molecule has 0 spiro atoms. The van der Waals surface area contributed by atoms with Gasteiger partial charge in [-0.2, -0.15) is 0 Å². The summed E-state index contributed by atoms with van der Waals surface area (Å²) < 4.78 is 6.15. The predicted molar refractivity (Wildman–Crippen MR) is 109 cm³/mol. The molecular formula is C22H33N3O2S. The molecule has 5 saturated carbocycles. The van der Waals surface area contributed by atoms with Crippen LogP contribution in [0, 0.1) is 17.8 Å². The van der Waals surface area contributed by atoms with Gasteiger partial charge in [0.05, 0.1) is 5.75 Å². The number of hydrogen-bond acceptors (Lipinski definition) is 5. The molecule has 1 amide bonds. The lowest BCUT2D eigenvalue weighted by atomic mass is 9.49. The molecule has 1 aromatic rings. The van der Waals surface area contributed by atoms with Crippen LogP contribution in [0.15, 0.2) is 9.64 Å². The maximum atomic E-state index is 12.8. The van der Waals surface area contributed by atoms with E-state index in [2.05, 4.69) is 22.0 Å². The number of aromatic nitrogens is 2. The molecule has 0 unspecified atom stereocenters. The fraction of sp³-hybridized carbons (Fsp3) is 0.864. The highest BCUT2D eigenvalue weighted by molar-refractivity contribution is 7.99. The second-order valence-corrected chi connectivity index (χ2v) is 10.8. The van der Waals surface area contributed by atoms with Gasteiger partial charge in [-0.3, -0.25) is 4.79 Å². The minimum absolute atomic E-state index is 0.141. The second-order valence-electron chi connectivity index (χ2n) is 9.83. The highest BCUT2D eigenvalue weighted by Crippen LogP contribution is 2.60. The molecule has 0 aromatic carbocycles. The van der Waals surface area contributed by atoms with Crippen LogP contribution >= 0.6 is 11.8 Å². The van der Waals surface area contributed by atoms with Gasteiger partial charge in [0.15, 0.2) is 0 Å². The first-order valence-corrected chi connectivity index (χ1v) is 12.4. The number of rotatable bonds is 6. The van der Waals surface area contributed by atoms with Crippen molar-refractivity contribution in [3.63, 3.8) is 0 Å². The topological polar surface area (TPSA) is 59.2 Å². The molecule has 6 heteroatoms. The number of carbonyl (C=O) groups is 1. The van der Waals surface area contributed by atoms with Crippen LogP contribution in [0.3, 0.4) is 0 Å². The molecule has 5 fully saturated rings. The van der Waals surface area contributed by atoms with Crippen LogP contribution in [0.5, 0.6) is 0 Å². The van der Waals surface area contributed by atoms with Crippen LogP contribution < -0.4 is 0 Å². The Labute approximate surface area is 172 Å². The molecule has 1 heterocycles. The Morgan fingerprint density at radius 3 is 2.32 bits per heavy atom. The fourth-order valence-corrected chi connectivity index (χ4v) is 7.74. The Morgan fingerprint density at radius 1 is 1.07 bits per heavy atom. The van der Waals surface area contributed by atoms with Crippen molar-refractivity contribution in [2.45, 2.75) is 94.2 Å². The highest BCUT2D eigenvalue weighted by Gasteiger charge is 2.54. The van der Waals surface area contributed by atoms with Crippen LogP contribution in [0.2, 0.25) is 0 Å². The van der Waals surface area contributed by atoms with E-state index in [1.54, 1.807) is 0 Å². The molecule has 5 nitrogen and oxygen atoms in total. The van der Waals surface area contributed by atoms with Gasteiger partial charge in [0.25, 0.3) is 5.22 Å². The Kier molecular flexibility index (Phi) is 5.18. The lowest BCUT2D eigenvalue weighted by Gasteiger charge is -2.55. The third kappa shape index (κ3) is 3.50. The first-order valence-electron chi connectivity index (χ1n) is 11.4. The van der Waals surface area contributed by atoms with Gasteiger partial charge in [0, 0.05) is 18.0 Å². The number of amides is 1. The molecule has 0 atom stereocenters. The number of hydrogen-bond donors (Lipinski definition) is 0. The van der Waals surface area contributed by atoms with Crippen LogP contribution in [0.25, 0.3) is 0 Å². The molecule has 0 saturated heterocycles. The molecule has 6 rings (SSSR count). The summed E-state index contributed by atoms with van der Waals surface area (Å²) in [5.41, 5.74) is 0.141. The monoisotopic (exact) mass is 403 g/mol. The summed E-state index contributed by atoms with van der Waals surface area (Å²) in [4.78, 5) is 14.9. The fourth-order valence-electron chi connectivity index (χ4n) is 7.09. The average molecular weight is 404 g/mol. The molecule has 4 bridgehead atoms. The van der Waals surface area contributed by atoms with E-state index in [0.717, 1.165) is 43.0 Å². The second kappa shape index (κ2) is 7.66. The van der Waals surface area contributed by atoms with Gasteiger partial charge < -0.3 is 9.32 Å². The summed E-state index contributed by atoms with van der Waals surface area (Å²) in [5, 5.41) is 9.38. The first-order chi connectivity index (χ1) is 13.6. The SMILES string of the molecule is CCN(C(=O)CSc1nnc(C23CC4CC(CC(C4)C2)C3)o1)C1CCCCC1. The number of nitrogens with zero attached hydrogens (tertiary/aromatic N) is 3. The highest BCUT2D eigenvalue weighted by atomic mass is 32.2. The van der Waals surface area contributed by atoms with Gasteiger partial charge in [0.1, 0.15) is 0 Å². The number of carbonyl (C=O) groups excluding carboxylic acids is 1. The minimum atomic E-state index is 0.141. The summed E-state index contributed by atoms with van der Waals surface area (Å²) in [7, 11) is 0. The average Bonchev–Trinajstić information content (AvgIpc) is 3.17. The van der Waals surface area contributed by atoms with Crippen molar-refractivity contribution in [2.24, 2.45) is 17.8 Å². The van der Waals surface area contributed by atoms with E-state index in [1.165, 1.54) is 69.5 Å². The minimum Gasteiger partial charge on any atom is -0.415 e. The standard InChI is InChI=1S/C22H33N3O2S/c1-2-25(18-6-4-3-5-7-18)19(26)14-28-21-24-23-20(27-21)22-11-15-8-16(12-22)10-17(9-15)13-22/h15-18H,2-14H2,1H3. The molecule has 154 valence electrons. The van der Waals surface area contributed by atoms with Gasteiger partial charge in [-0.25, -0.2) is 0 Å². The Hall–Kier alpha value is -1.04. The first kappa shape index (κ1) is 19.0. The summed E-state index contributed by atoms with van der Waals surface area (Å²) >= 11 is 1.43. The van der Waals surface area contributed by atoms with E-state index >= 15 is 0 Å². The van der Waals surface area contributed by atoms with Crippen molar-refractivity contribution >= 4 is 17.7 Å². The molecule has 1 aromatic heterocycles. The van der Waals surface area contributed by atoms with E-state index in [-0.39, 0.29) is 11.3 Å². The van der Waals surface area contributed by atoms with Gasteiger partial charge >= 0.3 is 0 Å². The molecule has 0 radical (unpaired) electrons. The maximum Gasteiger partial charge on any atom is 0.277 e. The smallest absolute Gasteiger partial charge is 0.277 e. The maximum absolute atomic E-state index is 12.8. The quantitative estimate of drug-likeness (QED) is 0.638. The lowest BCUT2D eigenvalue weighted by molar-refractivity contribution is -0.131. The van der Waals surface area contributed by atoms with E-state index in [9.17, 15) is 4.79 Å². The van der Waals surface area contributed by atoms with Crippen LogP contribution in [0.4, 0.5) is 0 Å². The van der Waals surface area contributed by atoms with Crippen LogP contribution in [-0.4, -0.2) is 39.3 Å². The Balaban J connectivity index is 1.22. The lowest BCUT2D eigenvalue weighted by Crippen LogP contribution is -2.48. The zero-order valence-electron chi connectivity index (χ0n) is 17.1. The Bertz CT molecular complexity index is 677. The van der Waals surface area contributed by atoms with Gasteiger partial charge in [-0.1, -0.05) is 31.0 Å². The summed E-state index contributed by atoms with van der Waals surface area (Å²) in [6.07, 6.45) is 14.1. The van der Waals surface area contributed by atoms with Crippen LogP contribution in [0.1, 0.15) is 83.4 Å². The third-order valence-electron chi connectivity index (χ3n) is 7.89. The largest absolute Gasteiger partial charge is 0.415 e. The van der Waals surface area contributed by atoms with Gasteiger partial charge in [-0.05, 0) is 76.0 Å². The van der Waals surface area contributed by atoms with E-state index in [1.807, 2.05) is 0 Å². The van der Waals surface area contributed by atoms with Crippen molar-refractivity contribution in [3.8, 4) is 0 Å². The van der Waals surface area contributed by atoms with Crippen molar-refractivity contribution in [1.82, 2.24) is 15.1 Å². The molecule has 0 N–H and O–H groups in total. The van der Waals surface area contributed by atoms with Gasteiger partial charge in [0.2, 0.25) is 11.8 Å². The van der Waals surface area contributed by atoms with Crippen molar-refractivity contribution in [2.75, 3.05) is 12.3 Å². The zero-order chi connectivity index (χ0) is 19.1. The van der Waals surface area contributed by atoms with Crippen LogP contribution in [-0.2, 0) is 10.2 Å². The predicted octanol–water partition coefficient (Wildman–Crippen LogP) is 4.81. The van der Waals surface area contributed by atoms with Gasteiger partial charge in [-0.15, -0.1) is 10.2 Å². The van der Waals surface area contributed by atoms with Crippen molar-refractivity contribution in [1.29, 1.82) is 0 Å². The molecule has 5 aliphatic rings. The Morgan fingerprint density at radius 2 is 1.71 bits per heavy atom. The molecule has 28 heavy (non-hydrogen) atoms. The summed E-state index contributed by atoms with van der Waals surface area (Å²) in [6, 6.07) is 0.428. The van der Waals surface area contributed by atoms with E-state index < -0.39 is 0 Å². The molecule has 5 aliphatic carbocycles. The van der Waals surface area contributed by atoms with Crippen molar-refractivity contribution in [3.05, 3.63) is 5.89 Å². The number of thioether (sulfide) groups is 1. The normalized spacial score (nSPS) is 34.7. The van der Waals surface area contributed by atoms with E-state index in [4.69, 9.17) is 4.42 Å². The molecular weight excluding hydrogens is 370 g/mol. The molecule has 0 aliphatic heterocycles. The zero-order valence-corrected chi connectivity index (χ0v) is 17.9. The van der Waals surface area contributed by atoms with E-state index in [0.29, 0.717) is 17.0 Å². The third-order valence-corrected chi connectivity index (χ3v) is 8.70. The van der Waals surface area contributed by atoms with Crippen molar-refractivity contribution < 1.29 is 9.21 Å².